The van der Waals surface area contributed by atoms with Gasteiger partial charge in [-0.2, -0.15) is 0 Å². The normalized spacial score (nSPS) is 23.2. The van der Waals surface area contributed by atoms with E-state index in [0.717, 1.165) is 24.1 Å². The molecule has 0 radical (unpaired) electrons. The Hall–Kier alpha value is -1.02. The lowest BCUT2D eigenvalue weighted by atomic mass is 9.95. The van der Waals surface area contributed by atoms with Crippen LogP contribution in [-0.2, 0) is 0 Å². The van der Waals surface area contributed by atoms with Gasteiger partial charge in [0.15, 0.2) is 0 Å². The van der Waals surface area contributed by atoms with Crippen molar-refractivity contribution < 1.29 is 4.74 Å². The van der Waals surface area contributed by atoms with Crippen molar-refractivity contribution in [1.29, 1.82) is 0 Å². The Balaban J connectivity index is 2.33. The lowest BCUT2D eigenvalue weighted by Crippen LogP contribution is -2.25. The average molecular weight is 261 g/mol. The van der Waals surface area contributed by atoms with Crippen LogP contribution in [0.4, 0.5) is 0 Å². The molecule has 1 aliphatic rings. The maximum atomic E-state index is 5.69. The number of benzene rings is 1. The first-order valence-corrected chi connectivity index (χ1v) is 7.47. The van der Waals surface area contributed by atoms with Crippen LogP contribution >= 0.6 is 0 Å². The fraction of sp³-hybridized carbons (Fsp3) is 0.647. The molecule has 19 heavy (non-hydrogen) atoms. The molecule has 0 bridgehead atoms. The van der Waals surface area contributed by atoms with Gasteiger partial charge in [-0.05, 0) is 56.2 Å². The molecular formula is C17H27NO. The summed E-state index contributed by atoms with van der Waals surface area (Å²) in [7, 11) is 1.79. The van der Waals surface area contributed by atoms with Gasteiger partial charge in [0, 0.05) is 11.6 Å². The van der Waals surface area contributed by atoms with Crippen molar-refractivity contribution >= 4 is 0 Å². The quantitative estimate of drug-likeness (QED) is 0.835. The lowest BCUT2D eigenvalue weighted by Gasteiger charge is -2.23. The third kappa shape index (κ3) is 2.94. The molecule has 1 N–H and O–H groups in total. The van der Waals surface area contributed by atoms with Gasteiger partial charge in [-0.1, -0.05) is 26.0 Å². The Kier molecular flexibility index (Phi) is 4.51. The average Bonchev–Trinajstić information content (AvgIpc) is 3.11. The first-order valence-electron chi connectivity index (χ1n) is 7.47. The van der Waals surface area contributed by atoms with Crippen LogP contribution in [0.1, 0.15) is 49.4 Å². The van der Waals surface area contributed by atoms with Crippen molar-refractivity contribution in [3.05, 3.63) is 28.8 Å². The maximum Gasteiger partial charge on any atom is 0.126 e. The number of hydrogen-bond donors (Lipinski definition) is 1. The third-order valence-corrected chi connectivity index (χ3v) is 4.46. The fourth-order valence-corrected chi connectivity index (χ4v) is 2.93. The number of nitrogens with one attached hydrogen (secondary N) is 1. The van der Waals surface area contributed by atoms with Gasteiger partial charge >= 0.3 is 0 Å². The molecule has 0 aromatic heterocycles. The van der Waals surface area contributed by atoms with Crippen LogP contribution in [0.2, 0.25) is 0 Å². The third-order valence-electron chi connectivity index (χ3n) is 4.46. The van der Waals surface area contributed by atoms with E-state index in [4.69, 9.17) is 4.74 Å². The number of hydrogen-bond acceptors (Lipinski definition) is 2. The molecule has 1 fully saturated rings. The Labute approximate surface area is 117 Å². The van der Waals surface area contributed by atoms with Crippen molar-refractivity contribution in [2.45, 2.75) is 46.6 Å². The van der Waals surface area contributed by atoms with Crippen LogP contribution in [0.5, 0.6) is 5.75 Å². The van der Waals surface area contributed by atoms with Crippen LogP contribution < -0.4 is 10.1 Å². The van der Waals surface area contributed by atoms with Crippen molar-refractivity contribution in [1.82, 2.24) is 5.32 Å². The summed E-state index contributed by atoms with van der Waals surface area (Å²) in [6.45, 7) is 9.95. The van der Waals surface area contributed by atoms with E-state index in [9.17, 15) is 0 Å². The molecule has 2 heteroatoms. The monoisotopic (exact) mass is 261 g/mol. The molecule has 2 rings (SSSR count). The molecule has 0 saturated heterocycles. The highest BCUT2D eigenvalue weighted by Gasteiger charge is 2.41. The van der Waals surface area contributed by atoms with Gasteiger partial charge in [-0.25, -0.2) is 0 Å². The molecule has 0 aliphatic heterocycles. The maximum absolute atomic E-state index is 5.69. The molecule has 3 unspecified atom stereocenters. The van der Waals surface area contributed by atoms with Crippen LogP contribution in [-0.4, -0.2) is 13.7 Å². The minimum atomic E-state index is 0.448. The van der Waals surface area contributed by atoms with Gasteiger partial charge in [-0.15, -0.1) is 0 Å². The molecule has 0 amide bonds. The molecule has 0 heterocycles. The van der Waals surface area contributed by atoms with E-state index >= 15 is 0 Å². The molecule has 2 nitrogen and oxygen atoms in total. The summed E-state index contributed by atoms with van der Waals surface area (Å²) in [6.07, 6.45) is 2.50. The molecular weight excluding hydrogens is 234 g/mol. The van der Waals surface area contributed by atoms with E-state index in [1.807, 2.05) is 0 Å². The zero-order valence-corrected chi connectivity index (χ0v) is 12.9. The van der Waals surface area contributed by atoms with Crippen LogP contribution in [0, 0.1) is 25.7 Å². The second-order valence-electron chi connectivity index (χ2n) is 5.94. The van der Waals surface area contributed by atoms with Crippen molar-refractivity contribution in [3.63, 3.8) is 0 Å². The second kappa shape index (κ2) is 5.96. The number of ether oxygens (including phenoxy) is 1. The summed E-state index contributed by atoms with van der Waals surface area (Å²) >= 11 is 0. The van der Waals surface area contributed by atoms with E-state index in [-0.39, 0.29) is 0 Å². The molecule has 3 atom stereocenters. The SMILES string of the molecule is CCCNC(c1ccc(C)c(C)c1OC)C1CC1C. The van der Waals surface area contributed by atoms with Gasteiger partial charge in [0.2, 0.25) is 0 Å². The van der Waals surface area contributed by atoms with Crippen molar-refractivity contribution in [2.75, 3.05) is 13.7 Å². The molecule has 0 spiro atoms. The Morgan fingerprint density at radius 3 is 2.58 bits per heavy atom. The Bertz CT molecular complexity index is 441. The minimum Gasteiger partial charge on any atom is -0.496 e. The smallest absolute Gasteiger partial charge is 0.126 e. The van der Waals surface area contributed by atoms with Crippen LogP contribution in [0.3, 0.4) is 0 Å². The molecule has 1 aromatic rings. The topological polar surface area (TPSA) is 21.3 Å². The van der Waals surface area contributed by atoms with Gasteiger partial charge in [0.05, 0.1) is 7.11 Å². The summed E-state index contributed by atoms with van der Waals surface area (Å²) in [5.74, 6) is 2.68. The number of rotatable bonds is 6. The van der Waals surface area contributed by atoms with E-state index in [2.05, 4.69) is 45.1 Å². The largest absolute Gasteiger partial charge is 0.496 e. The number of aryl methyl sites for hydroxylation is 1. The van der Waals surface area contributed by atoms with Gasteiger partial charge in [0.1, 0.15) is 5.75 Å². The zero-order chi connectivity index (χ0) is 14.0. The Morgan fingerprint density at radius 2 is 2.05 bits per heavy atom. The summed E-state index contributed by atoms with van der Waals surface area (Å²) < 4.78 is 5.69. The molecule has 106 valence electrons. The van der Waals surface area contributed by atoms with Gasteiger partial charge in [0.25, 0.3) is 0 Å². The fourth-order valence-electron chi connectivity index (χ4n) is 2.93. The predicted octanol–water partition coefficient (Wildman–Crippen LogP) is 4.01. The Morgan fingerprint density at radius 1 is 1.37 bits per heavy atom. The van der Waals surface area contributed by atoms with Gasteiger partial charge < -0.3 is 10.1 Å². The lowest BCUT2D eigenvalue weighted by molar-refractivity contribution is 0.384. The summed E-state index contributed by atoms with van der Waals surface area (Å²) in [6, 6.07) is 4.92. The number of methoxy groups -OCH3 is 1. The van der Waals surface area contributed by atoms with E-state index in [0.29, 0.717) is 6.04 Å². The van der Waals surface area contributed by atoms with E-state index < -0.39 is 0 Å². The minimum absolute atomic E-state index is 0.448. The van der Waals surface area contributed by atoms with Gasteiger partial charge in [-0.3, -0.25) is 0 Å². The first-order chi connectivity index (χ1) is 9.10. The standard InChI is InChI=1S/C17H27NO/c1-6-9-18-16(15-10-12(15)3)14-8-7-11(2)13(4)17(14)19-5/h7-8,12,15-16,18H,6,9-10H2,1-5H3. The highest BCUT2D eigenvalue weighted by Crippen LogP contribution is 2.49. The highest BCUT2D eigenvalue weighted by molar-refractivity contribution is 5.47. The second-order valence-corrected chi connectivity index (χ2v) is 5.94. The summed E-state index contributed by atoms with van der Waals surface area (Å²) in [4.78, 5) is 0. The summed E-state index contributed by atoms with van der Waals surface area (Å²) in [5, 5.41) is 3.72. The molecule has 1 aliphatic carbocycles. The van der Waals surface area contributed by atoms with E-state index in [1.54, 1.807) is 7.11 Å². The first kappa shape index (κ1) is 14.4. The zero-order valence-electron chi connectivity index (χ0n) is 12.9. The van der Waals surface area contributed by atoms with Crippen LogP contribution in [0.15, 0.2) is 12.1 Å². The molecule has 1 saturated carbocycles. The van der Waals surface area contributed by atoms with E-state index in [1.165, 1.54) is 29.5 Å². The molecule has 1 aromatic carbocycles. The van der Waals surface area contributed by atoms with Crippen molar-refractivity contribution in [3.8, 4) is 5.75 Å². The predicted molar refractivity (Wildman–Crippen MR) is 80.8 cm³/mol. The summed E-state index contributed by atoms with van der Waals surface area (Å²) in [5.41, 5.74) is 3.92. The van der Waals surface area contributed by atoms with Crippen LogP contribution in [0.25, 0.3) is 0 Å². The highest BCUT2D eigenvalue weighted by atomic mass is 16.5. The van der Waals surface area contributed by atoms with Crippen molar-refractivity contribution in [2.24, 2.45) is 11.8 Å².